The van der Waals surface area contributed by atoms with E-state index in [9.17, 15) is 4.79 Å². The second kappa shape index (κ2) is 2.79. The number of carboxylic acids is 1. The Morgan fingerprint density at radius 3 is 2.64 bits per heavy atom. The molecule has 1 atom stereocenters. The van der Waals surface area contributed by atoms with Crippen molar-refractivity contribution in [3.63, 3.8) is 0 Å². The Labute approximate surface area is 65.1 Å². The second-order valence-electron chi connectivity index (χ2n) is 2.98. The third kappa shape index (κ3) is 2.17. The molecule has 0 saturated carbocycles. The molecule has 0 aromatic heterocycles. The van der Waals surface area contributed by atoms with Gasteiger partial charge in [-0.25, -0.2) is 4.79 Å². The summed E-state index contributed by atoms with van der Waals surface area (Å²) in [6, 6.07) is 0. The zero-order valence-corrected chi connectivity index (χ0v) is 6.66. The summed E-state index contributed by atoms with van der Waals surface area (Å²) in [6.45, 7) is 3.87. The van der Waals surface area contributed by atoms with Gasteiger partial charge in [-0.2, -0.15) is 0 Å². The maximum atomic E-state index is 10.5. The van der Waals surface area contributed by atoms with Crippen molar-refractivity contribution in [2.75, 3.05) is 6.61 Å². The Kier molecular flexibility index (Phi) is 2.15. The van der Waals surface area contributed by atoms with Crippen LogP contribution in [0, 0.1) is 0 Å². The number of ether oxygens (including phenoxy) is 2. The number of carbonyl (C=O) groups is 1. The molecule has 1 rings (SSSR count). The molecular formula is C7H12O4. The molecule has 0 unspecified atom stereocenters. The van der Waals surface area contributed by atoms with E-state index >= 15 is 0 Å². The van der Waals surface area contributed by atoms with E-state index in [0.29, 0.717) is 13.0 Å². The lowest BCUT2D eigenvalue weighted by Crippen LogP contribution is -2.43. The summed E-state index contributed by atoms with van der Waals surface area (Å²) in [5.74, 6) is -1.66. The Morgan fingerprint density at radius 2 is 2.27 bits per heavy atom. The van der Waals surface area contributed by atoms with Crippen molar-refractivity contribution in [1.29, 1.82) is 0 Å². The van der Waals surface area contributed by atoms with Crippen molar-refractivity contribution in [3.8, 4) is 0 Å². The number of carboxylic acid groups (broad SMARTS) is 1. The first-order valence-electron chi connectivity index (χ1n) is 3.56. The van der Waals surface area contributed by atoms with Crippen LogP contribution in [0.3, 0.4) is 0 Å². The van der Waals surface area contributed by atoms with E-state index in [4.69, 9.17) is 14.6 Å². The van der Waals surface area contributed by atoms with E-state index in [-0.39, 0.29) is 0 Å². The maximum absolute atomic E-state index is 10.5. The van der Waals surface area contributed by atoms with Gasteiger partial charge in [0.05, 0.1) is 6.61 Å². The van der Waals surface area contributed by atoms with Crippen LogP contribution in [0.5, 0.6) is 0 Å². The van der Waals surface area contributed by atoms with Crippen LogP contribution in [-0.2, 0) is 14.3 Å². The Morgan fingerprint density at radius 1 is 1.64 bits per heavy atom. The summed E-state index contributed by atoms with van der Waals surface area (Å²) >= 11 is 0. The van der Waals surface area contributed by atoms with Gasteiger partial charge in [0.1, 0.15) is 0 Å². The minimum absolute atomic E-state index is 0.429. The lowest BCUT2D eigenvalue weighted by Gasteiger charge is -2.33. The van der Waals surface area contributed by atoms with Crippen LogP contribution in [-0.4, -0.2) is 29.6 Å². The molecule has 0 aliphatic carbocycles. The van der Waals surface area contributed by atoms with E-state index in [1.165, 1.54) is 0 Å². The largest absolute Gasteiger partial charge is 0.479 e. The van der Waals surface area contributed by atoms with Gasteiger partial charge in [0.25, 0.3) is 0 Å². The van der Waals surface area contributed by atoms with Gasteiger partial charge in [-0.05, 0) is 13.8 Å². The molecule has 0 bridgehead atoms. The molecule has 1 heterocycles. The molecule has 1 saturated heterocycles. The van der Waals surface area contributed by atoms with Crippen LogP contribution in [0.15, 0.2) is 0 Å². The molecule has 4 heteroatoms. The van der Waals surface area contributed by atoms with Gasteiger partial charge >= 0.3 is 5.97 Å². The van der Waals surface area contributed by atoms with E-state index in [1.807, 2.05) is 0 Å². The average molecular weight is 160 g/mol. The third-order valence-electron chi connectivity index (χ3n) is 1.53. The second-order valence-corrected chi connectivity index (χ2v) is 2.98. The molecule has 1 fully saturated rings. The number of aliphatic carboxylic acids is 1. The maximum Gasteiger partial charge on any atom is 0.333 e. The molecule has 0 radical (unpaired) electrons. The lowest BCUT2D eigenvalue weighted by atomic mass is 10.2. The van der Waals surface area contributed by atoms with Crippen molar-refractivity contribution in [2.24, 2.45) is 0 Å². The fraction of sp³-hybridized carbons (Fsp3) is 0.857. The molecule has 4 nitrogen and oxygen atoms in total. The zero-order valence-electron chi connectivity index (χ0n) is 6.66. The minimum atomic E-state index is -0.915. The Bertz CT molecular complexity index is 164. The minimum Gasteiger partial charge on any atom is -0.479 e. The van der Waals surface area contributed by atoms with Gasteiger partial charge in [0.15, 0.2) is 11.9 Å². The molecular weight excluding hydrogens is 148 g/mol. The quantitative estimate of drug-likeness (QED) is 0.610. The predicted octanol–water partition coefficient (Wildman–Crippen LogP) is 0.613. The average Bonchev–Trinajstić information content (AvgIpc) is 1.85. The van der Waals surface area contributed by atoms with Crippen LogP contribution < -0.4 is 0 Å². The van der Waals surface area contributed by atoms with Crippen molar-refractivity contribution in [1.82, 2.24) is 0 Å². The first kappa shape index (κ1) is 8.49. The molecule has 0 amide bonds. The Hall–Kier alpha value is -0.610. The van der Waals surface area contributed by atoms with E-state index < -0.39 is 17.9 Å². The summed E-state index contributed by atoms with van der Waals surface area (Å²) in [5, 5.41) is 8.59. The molecule has 0 aromatic carbocycles. The van der Waals surface area contributed by atoms with Crippen LogP contribution in [0.25, 0.3) is 0 Å². The number of hydrogen-bond donors (Lipinski definition) is 1. The number of hydrogen-bond acceptors (Lipinski definition) is 3. The SMILES string of the molecule is CC1(C)OCC[C@H](C(=O)O)O1. The summed E-state index contributed by atoms with van der Waals surface area (Å²) in [6.07, 6.45) is -0.280. The summed E-state index contributed by atoms with van der Waals surface area (Å²) in [5.41, 5.74) is 0. The predicted molar refractivity (Wildman–Crippen MR) is 37.2 cm³/mol. The van der Waals surface area contributed by atoms with Gasteiger partial charge in [-0.15, -0.1) is 0 Å². The highest BCUT2D eigenvalue weighted by Crippen LogP contribution is 2.21. The fourth-order valence-electron chi connectivity index (χ4n) is 1.02. The highest BCUT2D eigenvalue weighted by molar-refractivity contribution is 5.72. The fourth-order valence-corrected chi connectivity index (χ4v) is 1.02. The van der Waals surface area contributed by atoms with Crippen LogP contribution in [0.1, 0.15) is 20.3 Å². The third-order valence-corrected chi connectivity index (χ3v) is 1.53. The molecule has 0 spiro atoms. The van der Waals surface area contributed by atoms with E-state index in [2.05, 4.69) is 0 Å². The highest BCUT2D eigenvalue weighted by Gasteiger charge is 2.33. The smallest absolute Gasteiger partial charge is 0.333 e. The van der Waals surface area contributed by atoms with Crippen LogP contribution in [0.4, 0.5) is 0 Å². The monoisotopic (exact) mass is 160 g/mol. The Balaban J connectivity index is 2.53. The van der Waals surface area contributed by atoms with Gasteiger partial charge in [0, 0.05) is 6.42 Å². The van der Waals surface area contributed by atoms with E-state index in [1.54, 1.807) is 13.8 Å². The van der Waals surface area contributed by atoms with Crippen LogP contribution >= 0.6 is 0 Å². The van der Waals surface area contributed by atoms with Crippen molar-refractivity contribution in [3.05, 3.63) is 0 Å². The highest BCUT2D eigenvalue weighted by atomic mass is 16.7. The summed E-state index contributed by atoms with van der Waals surface area (Å²) < 4.78 is 10.3. The molecule has 1 N–H and O–H groups in total. The van der Waals surface area contributed by atoms with Crippen molar-refractivity contribution >= 4 is 5.97 Å². The van der Waals surface area contributed by atoms with Gasteiger partial charge in [-0.1, -0.05) is 0 Å². The molecule has 1 aliphatic rings. The topological polar surface area (TPSA) is 55.8 Å². The molecule has 64 valence electrons. The van der Waals surface area contributed by atoms with Gasteiger partial charge in [0.2, 0.25) is 0 Å². The summed E-state index contributed by atoms with van der Waals surface area (Å²) in [7, 11) is 0. The van der Waals surface area contributed by atoms with Gasteiger partial charge in [-0.3, -0.25) is 0 Å². The molecule has 1 aliphatic heterocycles. The molecule has 11 heavy (non-hydrogen) atoms. The molecule has 0 aromatic rings. The van der Waals surface area contributed by atoms with Gasteiger partial charge < -0.3 is 14.6 Å². The zero-order chi connectivity index (χ0) is 8.48. The summed E-state index contributed by atoms with van der Waals surface area (Å²) in [4.78, 5) is 10.5. The normalized spacial score (nSPS) is 29.8. The van der Waals surface area contributed by atoms with E-state index in [0.717, 1.165) is 0 Å². The number of rotatable bonds is 1. The van der Waals surface area contributed by atoms with Crippen molar-refractivity contribution < 1.29 is 19.4 Å². The van der Waals surface area contributed by atoms with Crippen molar-refractivity contribution in [2.45, 2.75) is 32.2 Å². The first-order valence-corrected chi connectivity index (χ1v) is 3.56. The lowest BCUT2D eigenvalue weighted by molar-refractivity contribution is -0.272. The van der Waals surface area contributed by atoms with Crippen LogP contribution in [0.2, 0.25) is 0 Å². The standard InChI is InChI=1S/C7H12O4/c1-7(2)10-4-3-5(11-7)6(8)9/h5H,3-4H2,1-2H3,(H,8,9)/t5-/m1/s1. The first-order chi connectivity index (χ1) is 5.01.